The van der Waals surface area contributed by atoms with E-state index < -0.39 is 0 Å². The summed E-state index contributed by atoms with van der Waals surface area (Å²) in [5, 5.41) is 3.40. The van der Waals surface area contributed by atoms with Gasteiger partial charge >= 0.3 is 0 Å². The molecule has 1 N–H and O–H groups in total. The molecule has 156 valence electrons. The number of rotatable bonds is 5. The molecule has 0 aromatic carbocycles. The Kier molecular flexibility index (Phi) is 5.74. The molecule has 0 saturated heterocycles. The molecule has 4 saturated carbocycles. The molecule has 0 aromatic heterocycles. The van der Waals surface area contributed by atoms with Crippen LogP contribution in [0.4, 0.5) is 0 Å². The molecule has 27 heavy (non-hydrogen) atoms. The van der Waals surface area contributed by atoms with Crippen LogP contribution >= 0.6 is 0 Å². The summed E-state index contributed by atoms with van der Waals surface area (Å²) in [5.41, 5.74) is 1.32. The highest BCUT2D eigenvalue weighted by Crippen LogP contribution is 2.69. The van der Waals surface area contributed by atoms with Crippen LogP contribution in [0.25, 0.3) is 0 Å². The van der Waals surface area contributed by atoms with Crippen LogP contribution in [0.5, 0.6) is 0 Å². The maximum Gasteiger partial charge on any atom is -0.00493 e. The molecule has 4 rings (SSSR count). The zero-order valence-electron chi connectivity index (χ0n) is 19.0. The van der Waals surface area contributed by atoms with Gasteiger partial charge in [-0.3, -0.25) is 0 Å². The van der Waals surface area contributed by atoms with Crippen LogP contribution in [0.3, 0.4) is 0 Å². The number of nitrogens with one attached hydrogen (secondary N) is 1. The van der Waals surface area contributed by atoms with E-state index in [0.717, 1.165) is 41.4 Å². The van der Waals surface area contributed by atoms with E-state index in [-0.39, 0.29) is 0 Å². The molecule has 1 heteroatoms. The summed E-state index contributed by atoms with van der Waals surface area (Å²) in [6.07, 6.45) is 16.7. The minimum absolute atomic E-state index is 0.643. The van der Waals surface area contributed by atoms with Crippen molar-refractivity contribution in [3.05, 3.63) is 0 Å². The zero-order chi connectivity index (χ0) is 19.2. The average Bonchev–Trinajstić information content (AvgIpc) is 3.02. The van der Waals surface area contributed by atoms with E-state index in [1.165, 1.54) is 45.1 Å². The van der Waals surface area contributed by atoms with Crippen molar-refractivity contribution in [1.82, 2.24) is 5.32 Å². The molecular formula is C26H47N. The van der Waals surface area contributed by atoms with E-state index in [4.69, 9.17) is 0 Å². The lowest BCUT2D eigenvalue weighted by atomic mass is 9.42. The third-order valence-corrected chi connectivity index (χ3v) is 10.9. The van der Waals surface area contributed by atoms with Gasteiger partial charge in [0.1, 0.15) is 0 Å². The first-order chi connectivity index (χ1) is 13.0. The highest BCUT2D eigenvalue weighted by atomic mass is 14.8. The van der Waals surface area contributed by atoms with Crippen LogP contribution in [-0.4, -0.2) is 13.6 Å². The number of hydrogen-bond acceptors (Lipinski definition) is 1. The Morgan fingerprint density at radius 1 is 0.926 bits per heavy atom. The van der Waals surface area contributed by atoms with E-state index in [9.17, 15) is 0 Å². The SMILES string of the molecule is CC[C@H]1CC2C3CCC([C@H](C)CCNC)C3(C)CC[C@@H]2C2(C)CCCCC12. The quantitative estimate of drug-likeness (QED) is 0.551. The maximum atomic E-state index is 3.40. The van der Waals surface area contributed by atoms with E-state index in [2.05, 4.69) is 40.1 Å². The van der Waals surface area contributed by atoms with Gasteiger partial charge in [-0.05, 0) is 117 Å². The Morgan fingerprint density at radius 2 is 1.70 bits per heavy atom. The average molecular weight is 374 g/mol. The van der Waals surface area contributed by atoms with Crippen molar-refractivity contribution in [3.63, 3.8) is 0 Å². The molecule has 0 amide bonds. The molecule has 0 bridgehead atoms. The van der Waals surface area contributed by atoms with Crippen molar-refractivity contribution < 1.29 is 0 Å². The van der Waals surface area contributed by atoms with Crippen LogP contribution in [0, 0.1) is 52.3 Å². The molecule has 0 spiro atoms. The minimum Gasteiger partial charge on any atom is -0.320 e. The normalized spacial score (nSPS) is 50.6. The maximum absolute atomic E-state index is 3.40. The molecule has 0 heterocycles. The minimum atomic E-state index is 0.643. The fourth-order valence-electron chi connectivity index (χ4n) is 9.57. The molecule has 4 aliphatic carbocycles. The van der Waals surface area contributed by atoms with Crippen molar-refractivity contribution in [2.24, 2.45) is 52.3 Å². The van der Waals surface area contributed by atoms with Gasteiger partial charge in [-0.25, -0.2) is 0 Å². The Hall–Kier alpha value is -0.0400. The van der Waals surface area contributed by atoms with Gasteiger partial charge < -0.3 is 5.32 Å². The molecule has 6 unspecified atom stereocenters. The van der Waals surface area contributed by atoms with Gasteiger partial charge in [-0.2, -0.15) is 0 Å². The van der Waals surface area contributed by atoms with Gasteiger partial charge in [0.2, 0.25) is 0 Å². The Morgan fingerprint density at radius 3 is 2.44 bits per heavy atom. The molecule has 1 nitrogen and oxygen atoms in total. The summed E-state index contributed by atoms with van der Waals surface area (Å²) in [6, 6.07) is 0. The van der Waals surface area contributed by atoms with Crippen LogP contribution in [0.15, 0.2) is 0 Å². The topological polar surface area (TPSA) is 12.0 Å². The summed E-state index contributed by atoms with van der Waals surface area (Å²) in [6.45, 7) is 11.7. The monoisotopic (exact) mass is 373 g/mol. The third kappa shape index (κ3) is 3.13. The van der Waals surface area contributed by atoms with Gasteiger partial charge in [0.15, 0.2) is 0 Å². The van der Waals surface area contributed by atoms with Crippen molar-refractivity contribution in [1.29, 1.82) is 0 Å². The van der Waals surface area contributed by atoms with Crippen molar-refractivity contribution in [3.8, 4) is 0 Å². The largest absolute Gasteiger partial charge is 0.320 e. The first kappa shape index (κ1) is 20.2. The summed E-state index contributed by atoms with van der Waals surface area (Å²) in [7, 11) is 2.12. The van der Waals surface area contributed by atoms with Gasteiger partial charge in [0.25, 0.3) is 0 Å². The van der Waals surface area contributed by atoms with E-state index in [0.29, 0.717) is 10.8 Å². The third-order valence-electron chi connectivity index (χ3n) is 10.9. The second-order valence-electron chi connectivity index (χ2n) is 11.7. The lowest BCUT2D eigenvalue weighted by molar-refractivity contribution is -0.138. The van der Waals surface area contributed by atoms with Gasteiger partial charge in [0.05, 0.1) is 0 Å². The highest BCUT2D eigenvalue weighted by Gasteiger charge is 2.61. The molecule has 0 radical (unpaired) electrons. The zero-order valence-corrected chi connectivity index (χ0v) is 19.0. The smallest absolute Gasteiger partial charge is 0.00493 e. The highest BCUT2D eigenvalue weighted by molar-refractivity contribution is 5.10. The lowest BCUT2D eigenvalue weighted by Gasteiger charge is -2.63. The molecular weight excluding hydrogens is 326 g/mol. The summed E-state index contributed by atoms with van der Waals surface area (Å²) >= 11 is 0. The van der Waals surface area contributed by atoms with Crippen LogP contribution in [0.2, 0.25) is 0 Å². The fourth-order valence-corrected chi connectivity index (χ4v) is 9.57. The van der Waals surface area contributed by atoms with E-state index >= 15 is 0 Å². The van der Waals surface area contributed by atoms with Crippen LogP contribution in [-0.2, 0) is 0 Å². The first-order valence-corrected chi connectivity index (χ1v) is 12.6. The number of fused-ring (bicyclic) bond motifs is 5. The lowest BCUT2D eigenvalue weighted by Crippen LogP contribution is -2.55. The van der Waals surface area contributed by atoms with Gasteiger partial charge in [0, 0.05) is 0 Å². The Balaban J connectivity index is 1.58. The van der Waals surface area contributed by atoms with E-state index in [1.54, 1.807) is 32.1 Å². The second kappa shape index (κ2) is 7.66. The van der Waals surface area contributed by atoms with E-state index in [1.807, 2.05) is 0 Å². The summed E-state index contributed by atoms with van der Waals surface area (Å²) in [5.74, 6) is 7.09. The first-order valence-electron chi connectivity index (χ1n) is 12.6. The van der Waals surface area contributed by atoms with Crippen molar-refractivity contribution >= 4 is 0 Å². The fraction of sp³-hybridized carbons (Fsp3) is 1.00. The van der Waals surface area contributed by atoms with Gasteiger partial charge in [-0.1, -0.05) is 47.0 Å². The van der Waals surface area contributed by atoms with Crippen LogP contribution in [0.1, 0.15) is 98.3 Å². The van der Waals surface area contributed by atoms with Gasteiger partial charge in [-0.15, -0.1) is 0 Å². The number of hydrogen-bond donors (Lipinski definition) is 1. The molecule has 0 aliphatic heterocycles. The second-order valence-corrected chi connectivity index (χ2v) is 11.7. The molecule has 4 fully saturated rings. The van der Waals surface area contributed by atoms with Crippen molar-refractivity contribution in [2.75, 3.05) is 13.6 Å². The molecule has 4 aliphatic rings. The standard InChI is InChI=1S/C26H47N/c1-6-19-17-20-23-11-10-21(18(2)13-16-27-5)26(23,4)15-12-24(20)25(3)14-8-7-9-22(19)25/h18-24,27H,6-17H2,1-5H3/t18-,19+,20?,21?,22?,23?,24+,25?,26?/m1/s1. The Labute approximate surface area is 169 Å². The summed E-state index contributed by atoms with van der Waals surface area (Å²) < 4.78 is 0. The van der Waals surface area contributed by atoms with Crippen LogP contribution < -0.4 is 5.32 Å². The Bertz CT molecular complexity index is 514. The molecule has 0 aromatic rings. The summed E-state index contributed by atoms with van der Waals surface area (Å²) in [4.78, 5) is 0. The predicted molar refractivity (Wildman–Crippen MR) is 117 cm³/mol. The van der Waals surface area contributed by atoms with Crippen molar-refractivity contribution in [2.45, 2.75) is 98.3 Å². The molecule has 9 atom stereocenters. The predicted octanol–water partition coefficient (Wildman–Crippen LogP) is 6.92.